The van der Waals surface area contributed by atoms with Crippen molar-refractivity contribution in [3.05, 3.63) is 106 Å². The molecule has 184 valence electrons. The highest BCUT2D eigenvalue weighted by atomic mass is 79.9. The Labute approximate surface area is 216 Å². The van der Waals surface area contributed by atoms with Crippen LogP contribution in [-0.4, -0.2) is 18.7 Å². The molecule has 1 amide bonds. The molecule has 36 heavy (non-hydrogen) atoms. The minimum absolute atomic E-state index is 0.156. The van der Waals surface area contributed by atoms with E-state index in [0.29, 0.717) is 41.2 Å². The monoisotopic (exact) mass is 550 g/mol. The molecule has 0 saturated carbocycles. The van der Waals surface area contributed by atoms with Crippen molar-refractivity contribution in [3.8, 4) is 11.5 Å². The fourth-order valence-electron chi connectivity index (χ4n) is 3.62. The number of rotatable bonds is 10. The van der Waals surface area contributed by atoms with Crippen LogP contribution in [-0.2, 0) is 13.0 Å². The van der Waals surface area contributed by atoms with Crippen LogP contribution in [0.4, 0.5) is 4.39 Å². The lowest BCUT2D eigenvalue weighted by Crippen LogP contribution is -2.16. The highest BCUT2D eigenvalue weighted by Crippen LogP contribution is 2.34. The SMILES string of the molecule is C=CCc1cc(/C=N/NC(=O)c2cc3cc(Br)ccc3o2)cc(OCC)c1OCc1cccc(F)c1. The van der Waals surface area contributed by atoms with Crippen LogP contribution in [0.3, 0.4) is 0 Å². The molecule has 0 unspecified atom stereocenters. The van der Waals surface area contributed by atoms with Crippen LogP contribution in [0, 0.1) is 5.82 Å². The summed E-state index contributed by atoms with van der Waals surface area (Å²) in [6, 6.07) is 17.0. The average molecular weight is 551 g/mol. The van der Waals surface area contributed by atoms with Crippen molar-refractivity contribution >= 4 is 39.0 Å². The number of ether oxygens (including phenoxy) is 2. The van der Waals surface area contributed by atoms with Crippen LogP contribution in [0.1, 0.15) is 34.2 Å². The van der Waals surface area contributed by atoms with Gasteiger partial charge in [-0.2, -0.15) is 5.10 Å². The zero-order valence-electron chi connectivity index (χ0n) is 19.6. The number of carbonyl (C=O) groups is 1. The topological polar surface area (TPSA) is 73.1 Å². The zero-order valence-corrected chi connectivity index (χ0v) is 21.2. The molecule has 0 fully saturated rings. The van der Waals surface area contributed by atoms with Crippen molar-refractivity contribution in [2.45, 2.75) is 20.0 Å². The number of allylic oxidation sites excluding steroid dienone is 1. The molecule has 0 radical (unpaired) electrons. The number of nitrogens with one attached hydrogen (secondary N) is 1. The van der Waals surface area contributed by atoms with Gasteiger partial charge in [0.25, 0.3) is 0 Å². The average Bonchev–Trinajstić information content (AvgIpc) is 3.27. The first-order valence-electron chi connectivity index (χ1n) is 11.3. The van der Waals surface area contributed by atoms with Gasteiger partial charge in [-0.15, -0.1) is 6.58 Å². The molecule has 0 aliphatic carbocycles. The Morgan fingerprint density at radius 2 is 2.03 bits per heavy atom. The second kappa shape index (κ2) is 11.7. The summed E-state index contributed by atoms with van der Waals surface area (Å²) in [4.78, 5) is 12.5. The Morgan fingerprint density at radius 1 is 1.17 bits per heavy atom. The Morgan fingerprint density at radius 3 is 2.81 bits per heavy atom. The lowest BCUT2D eigenvalue weighted by Gasteiger charge is -2.17. The Hall–Kier alpha value is -3.91. The van der Waals surface area contributed by atoms with Gasteiger partial charge in [-0.3, -0.25) is 4.79 Å². The second-order valence-corrected chi connectivity index (χ2v) is 8.76. The van der Waals surface area contributed by atoms with E-state index in [9.17, 15) is 9.18 Å². The second-order valence-electron chi connectivity index (χ2n) is 7.84. The maximum atomic E-state index is 13.6. The highest BCUT2D eigenvalue weighted by molar-refractivity contribution is 9.10. The molecular formula is C28H24BrFN2O4. The molecule has 4 aromatic rings. The lowest BCUT2D eigenvalue weighted by molar-refractivity contribution is 0.0929. The summed E-state index contributed by atoms with van der Waals surface area (Å²) in [5.41, 5.74) is 5.32. The Balaban J connectivity index is 1.53. The standard InChI is InChI=1S/C28H24BrFN2O4/c1-3-6-20-11-19(13-25(34-4-2)27(20)35-17-18-7-5-8-23(30)12-18)16-31-32-28(33)26-15-21-14-22(29)9-10-24(21)36-26/h3,5,7-16H,1,4,6,17H2,2H3,(H,32,33)/b31-16+. The number of halogens is 2. The summed E-state index contributed by atoms with van der Waals surface area (Å²) in [7, 11) is 0. The molecular weight excluding hydrogens is 527 g/mol. The first-order valence-corrected chi connectivity index (χ1v) is 12.1. The van der Waals surface area contributed by atoms with Crippen LogP contribution >= 0.6 is 15.9 Å². The highest BCUT2D eigenvalue weighted by Gasteiger charge is 2.15. The predicted octanol–water partition coefficient (Wildman–Crippen LogP) is 6.80. The van der Waals surface area contributed by atoms with Crippen molar-refractivity contribution in [1.82, 2.24) is 5.43 Å². The minimum atomic E-state index is -0.468. The third-order valence-corrected chi connectivity index (χ3v) is 5.67. The number of furan rings is 1. The molecule has 0 aliphatic heterocycles. The van der Waals surface area contributed by atoms with Gasteiger partial charge in [0.15, 0.2) is 17.3 Å². The molecule has 0 aliphatic rings. The number of hydrogen-bond acceptors (Lipinski definition) is 5. The van der Waals surface area contributed by atoms with E-state index in [1.165, 1.54) is 18.3 Å². The Kier molecular flexibility index (Phi) is 8.17. The van der Waals surface area contributed by atoms with Crippen LogP contribution in [0.2, 0.25) is 0 Å². The number of hydrazone groups is 1. The zero-order chi connectivity index (χ0) is 25.5. The van der Waals surface area contributed by atoms with E-state index >= 15 is 0 Å². The molecule has 0 saturated heterocycles. The number of carbonyl (C=O) groups excluding carboxylic acids is 1. The number of fused-ring (bicyclic) bond motifs is 1. The number of benzene rings is 3. The molecule has 1 aromatic heterocycles. The van der Waals surface area contributed by atoms with E-state index in [1.54, 1.807) is 36.4 Å². The summed E-state index contributed by atoms with van der Waals surface area (Å²) in [6.07, 6.45) is 3.78. The maximum Gasteiger partial charge on any atom is 0.307 e. The van der Waals surface area contributed by atoms with E-state index in [4.69, 9.17) is 13.9 Å². The Bertz CT molecular complexity index is 1430. The van der Waals surface area contributed by atoms with Crippen molar-refractivity contribution in [1.29, 1.82) is 0 Å². The first-order chi connectivity index (χ1) is 17.5. The van der Waals surface area contributed by atoms with Gasteiger partial charge in [0.1, 0.15) is 18.0 Å². The van der Waals surface area contributed by atoms with Crippen LogP contribution < -0.4 is 14.9 Å². The number of amides is 1. The van der Waals surface area contributed by atoms with Crippen LogP contribution in [0.25, 0.3) is 11.0 Å². The van der Waals surface area contributed by atoms with Gasteiger partial charge in [0.05, 0.1) is 12.8 Å². The normalized spacial score (nSPS) is 11.1. The summed E-state index contributed by atoms with van der Waals surface area (Å²) in [6.45, 7) is 6.30. The predicted molar refractivity (Wildman–Crippen MR) is 141 cm³/mol. The number of nitrogens with zero attached hydrogens (tertiary/aromatic N) is 1. The quantitative estimate of drug-likeness (QED) is 0.134. The van der Waals surface area contributed by atoms with Crippen molar-refractivity contribution < 1.29 is 23.1 Å². The summed E-state index contributed by atoms with van der Waals surface area (Å²) in [5, 5.41) is 4.89. The van der Waals surface area contributed by atoms with Gasteiger partial charge in [0, 0.05) is 15.4 Å². The van der Waals surface area contributed by atoms with E-state index in [-0.39, 0.29) is 18.2 Å². The third-order valence-electron chi connectivity index (χ3n) is 5.17. The van der Waals surface area contributed by atoms with Gasteiger partial charge in [-0.1, -0.05) is 34.1 Å². The molecule has 0 bridgehead atoms. The van der Waals surface area contributed by atoms with Gasteiger partial charge in [-0.05, 0) is 73.0 Å². The summed E-state index contributed by atoms with van der Waals surface area (Å²) in [5.74, 6) is 0.435. The van der Waals surface area contributed by atoms with Gasteiger partial charge in [-0.25, -0.2) is 9.82 Å². The molecule has 3 aromatic carbocycles. The van der Waals surface area contributed by atoms with Crippen LogP contribution in [0.15, 0.2) is 87.3 Å². The molecule has 6 nitrogen and oxygen atoms in total. The molecule has 1 N–H and O–H groups in total. The summed E-state index contributed by atoms with van der Waals surface area (Å²) >= 11 is 3.40. The van der Waals surface area contributed by atoms with Crippen molar-refractivity contribution in [3.63, 3.8) is 0 Å². The molecule has 0 spiro atoms. The van der Waals surface area contributed by atoms with Gasteiger partial charge in [0.2, 0.25) is 0 Å². The van der Waals surface area contributed by atoms with E-state index < -0.39 is 5.91 Å². The number of hydrogen-bond donors (Lipinski definition) is 1. The molecule has 1 heterocycles. The molecule has 8 heteroatoms. The first kappa shape index (κ1) is 25.2. The van der Waals surface area contributed by atoms with E-state index in [1.807, 2.05) is 25.1 Å². The minimum Gasteiger partial charge on any atom is -0.490 e. The summed E-state index contributed by atoms with van der Waals surface area (Å²) < 4.78 is 31.9. The third kappa shape index (κ3) is 6.20. The van der Waals surface area contributed by atoms with Gasteiger partial charge < -0.3 is 13.9 Å². The van der Waals surface area contributed by atoms with Crippen molar-refractivity contribution in [2.24, 2.45) is 5.10 Å². The van der Waals surface area contributed by atoms with E-state index in [2.05, 4.69) is 33.0 Å². The maximum absolute atomic E-state index is 13.6. The van der Waals surface area contributed by atoms with Crippen LogP contribution in [0.5, 0.6) is 11.5 Å². The molecule has 4 rings (SSSR count). The fourth-order valence-corrected chi connectivity index (χ4v) is 4.00. The van der Waals surface area contributed by atoms with Gasteiger partial charge >= 0.3 is 5.91 Å². The molecule has 0 atom stereocenters. The fraction of sp³-hybridized carbons (Fsp3) is 0.143. The van der Waals surface area contributed by atoms with E-state index in [0.717, 1.165) is 15.4 Å². The smallest absolute Gasteiger partial charge is 0.307 e. The van der Waals surface area contributed by atoms with Crippen molar-refractivity contribution in [2.75, 3.05) is 6.61 Å². The largest absolute Gasteiger partial charge is 0.490 e. The lowest BCUT2D eigenvalue weighted by atomic mass is 10.1.